The highest BCUT2D eigenvalue weighted by atomic mass is 16.5. The first-order valence-electron chi connectivity index (χ1n) is 12.0. The van der Waals surface area contributed by atoms with Crippen LogP contribution in [0.4, 0.5) is 4.79 Å². The summed E-state index contributed by atoms with van der Waals surface area (Å²) in [6.45, 7) is 2.89. The Morgan fingerprint density at radius 1 is 1.03 bits per heavy atom. The number of unbranched alkanes of at least 4 members (excludes halogenated alkanes) is 2. The quantitative estimate of drug-likeness (QED) is 0.531. The maximum Gasteiger partial charge on any atom is 0.407 e. The van der Waals surface area contributed by atoms with E-state index in [2.05, 4.69) is 29.6 Å². The molecule has 0 spiro atoms. The molecular weight excluding hydrogens is 432 g/mol. The zero-order valence-corrected chi connectivity index (χ0v) is 19.6. The molecule has 0 unspecified atom stereocenters. The SMILES string of the molecule is C[C@@]1(C(=O)O)CCCN1C(=O)CCCCCNC(=O)OCC1c2ccccc2-c2ccccc21. The normalized spacial score (nSPS) is 18.9. The molecular formula is C27H32N2O5. The van der Waals surface area contributed by atoms with Crippen LogP contribution in [0.3, 0.4) is 0 Å². The molecule has 4 rings (SSSR count). The van der Waals surface area contributed by atoms with Gasteiger partial charge < -0.3 is 20.1 Å². The van der Waals surface area contributed by atoms with Crippen molar-refractivity contribution in [3.8, 4) is 11.1 Å². The number of amides is 2. The molecule has 1 fully saturated rings. The summed E-state index contributed by atoms with van der Waals surface area (Å²) in [7, 11) is 0. The van der Waals surface area contributed by atoms with E-state index in [1.54, 1.807) is 6.92 Å². The van der Waals surface area contributed by atoms with Crippen LogP contribution in [-0.4, -0.2) is 53.2 Å². The van der Waals surface area contributed by atoms with Crippen LogP contribution in [-0.2, 0) is 14.3 Å². The maximum absolute atomic E-state index is 12.5. The van der Waals surface area contributed by atoms with Gasteiger partial charge in [0.25, 0.3) is 0 Å². The Morgan fingerprint density at radius 2 is 1.68 bits per heavy atom. The van der Waals surface area contributed by atoms with Gasteiger partial charge in [0.05, 0.1) is 0 Å². The topological polar surface area (TPSA) is 95.9 Å². The number of carboxylic acids is 1. The predicted molar refractivity (Wildman–Crippen MR) is 129 cm³/mol. The second-order valence-electron chi connectivity index (χ2n) is 9.29. The zero-order valence-electron chi connectivity index (χ0n) is 19.6. The van der Waals surface area contributed by atoms with Crippen molar-refractivity contribution in [1.82, 2.24) is 10.2 Å². The van der Waals surface area contributed by atoms with Gasteiger partial charge in [-0.1, -0.05) is 55.0 Å². The van der Waals surface area contributed by atoms with E-state index in [9.17, 15) is 19.5 Å². The molecule has 180 valence electrons. The van der Waals surface area contributed by atoms with Gasteiger partial charge in [-0.15, -0.1) is 0 Å². The third-order valence-electron chi connectivity index (χ3n) is 7.08. The number of fused-ring (bicyclic) bond motifs is 3. The fourth-order valence-electron chi connectivity index (χ4n) is 5.14. The van der Waals surface area contributed by atoms with Gasteiger partial charge in [0.1, 0.15) is 12.1 Å². The Kier molecular flexibility index (Phi) is 7.20. The third kappa shape index (κ3) is 4.79. The van der Waals surface area contributed by atoms with Crippen molar-refractivity contribution >= 4 is 18.0 Å². The highest BCUT2D eigenvalue weighted by molar-refractivity contribution is 5.87. The predicted octanol–water partition coefficient (Wildman–Crippen LogP) is 4.55. The molecule has 1 aliphatic carbocycles. The van der Waals surface area contributed by atoms with Crippen LogP contribution in [0.2, 0.25) is 0 Å². The van der Waals surface area contributed by atoms with E-state index < -0.39 is 17.6 Å². The third-order valence-corrected chi connectivity index (χ3v) is 7.08. The average molecular weight is 465 g/mol. The zero-order chi connectivity index (χ0) is 24.1. The molecule has 7 nitrogen and oxygen atoms in total. The number of rotatable bonds is 9. The van der Waals surface area contributed by atoms with Gasteiger partial charge >= 0.3 is 12.1 Å². The summed E-state index contributed by atoms with van der Waals surface area (Å²) in [5.74, 6) is -1.01. The number of carbonyl (C=O) groups is 3. The molecule has 7 heteroatoms. The molecule has 1 heterocycles. The molecule has 0 radical (unpaired) electrons. The molecule has 2 aromatic carbocycles. The van der Waals surface area contributed by atoms with E-state index >= 15 is 0 Å². The number of nitrogens with one attached hydrogen (secondary N) is 1. The summed E-state index contributed by atoms with van der Waals surface area (Å²) in [6.07, 6.45) is 3.27. The Balaban J connectivity index is 1.16. The Hall–Kier alpha value is -3.35. The number of carboxylic acid groups (broad SMARTS) is 1. The van der Waals surface area contributed by atoms with Gasteiger partial charge in [-0.2, -0.15) is 0 Å². The van der Waals surface area contributed by atoms with Crippen LogP contribution < -0.4 is 5.32 Å². The van der Waals surface area contributed by atoms with Crippen LogP contribution >= 0.6 is 0 Å². The van der Waals surface area contributed by atoms with E-state index in [0.29, 0.717) is 32.4 Å². The number of hydrogen-bond acceptors (Lipinski definition) is 4. The Morgan fingerprint density at radius 3 is 2.32 bits per heavy atom. The molecule has 34 heavy (non-hydrogen) atoms. The van der Waals surface area contributed by atoms with E-state index in [1.165, 1.54) is 27.2 Å². The lowest BCUT2D eigenvalue weighted by Crippen LogP contribution is -2.50. The number of ether oxygens (including phenoxy) is 1. The minimum atomic E-state index is -1.08. The summed E-state index contributed by atoms with van der Waals surface area (Å²) in [5, 5.41) is 12.2. The summed E-state index contributed by atoms with van der Waals surface area (Å²) in [4.78, 5) is 37.7. The van der Waals surface area contributed by atoms with Crippen molar-refractivity contribution in [2.24, 2.45) is 0 Å². The smallest absolute Gasteiger partial charge is 0.407 e. The number of likely N-dealkylation sites (tertiary alicyclic amines) is 1. The van der Waals surface area contributed by atoms with Crippen LogP contribution in [0.25, 0.3) is 11.1 Å². The molecule has 2 aliphatic rings. The maximum atomic E-state index is 12.5. The fourth-order valence-corrected chi connectivity index (χ4v) is 5.14. The lowest BCUT2D eigenvalue weighted by Gasteiger charge is -2.31. The first kappa shape index (κ1) is 23.8. The van der Waals surface area contributed by atoms with Crippen molar-refractivity contribution < 1.29 is 24.2 Å². The van der Waals surface area contributed by atoms with Crippen LogP contribution in [0.15, 0.2) is 48.5 Å². The first-order chi connectivity index (χ1) is 16.4. The highest BCUT2D eigenvalue weighted by Gasteiger charge is 2.45. The number of hydrogen-bond donors (Lipinski definition) is 2. The van der Waals surface area contributed by atoms with Gasteiger partial charge in [0.2, 0.25) is 5.91 Å². The van der Waals surface area contributed by atoms with E-state index in [1.807, 2.05) is 24.3 Å². The van der Waals surface area contributed by atoms with Crippen LogP contribution in [0, 0.1) is 0 Å². The molecule has 2 amide bonds. The van der Waals surface area contributed by atoms with E-state index in [-0.39, 0.29) is 18.4 Å². The average Bonchev–Trinajstić information content (AvgIpc) is 3.39. The minimum absolute atomic E-state index is 0.0336. The number of benzene rings is 2. The Labute approximate surface area is 200 Å². The van der Waals surface area contributed by atoms with Gasteiger partial charge in [0.15, 0.2) is 0 Å². The summed E-state index contributed by atoms with van der Waals surface area (Å²) < 4.78 is 5.53. The van der Waals surface area contributed by atoms with Crippen molar-refractivity contribution in [3.05, 3.63) is 59.7 Å². The number of carbonyl (C=O) groups excluding carboxylic acids is 2. The van der Waals surface area contributed by atoms with Gasteiger partial charge in [-0.05, 0) is 54.9 Å². The minimum Gasteiger partial charge on any atom is -0.480 e. The second kappa shape index (κ2) is 10.3. The van der Waals surface area contributed by atoms with Gasteiger partial charge in [-0.25, -0.2) is 9.59 Å². The molecule has 1 saturated heterocycles. The lowest BCUT2D eigenvalue weighted by molar-refractivity contribution is -0.155. The van der Waals surface area contributed by atoms with E-state index in [4.69, 9.17) is 4.74 Å². The standard InChI is InChI=1S/C27H32N2O5/c1-27(25(31)32)15-9-17-29(27)24(30)14-3-2-8-16-28-26(33)34-18-23-21-12-6-4-10-19(21)20-11-5-7-13-22(20)23/h4-7,10-13,23H,2-3,8-9,14-18H2,1H3,(H,28,33)(H,31,32)/t27-/m0/s1. The largest absolute Gasteiger partial charge is 0.480 e. The monoisotopic (exact) mass is 464 g/mol. The molecule has 1 atom stereocenters. The van der Waals surface area contributed by atoms with Crippen molar-refractivity contribution in [3.63, 3.8) is 0 Å². The van der Waals surface area contributed by atoms with Gasteiger partial charge in [-0.3, -0.25) is 4.79 Å². The molecule has 0 bridgehead atoms. The molecule has 0 saturated carbocycles. The van der Waals surface area contributed by atoms with E-state index in [0.717, 1.165) is 19.3 Å². The summed E-state index contributed by atoms with van der Waals surface area (Å²) >= 11 is 0. The number of nitrogens with zero attached hydrogens (tertiary/aromatic N) is 1. The first-order valence-corrected chi connectivity index (χ1v) is 12.0. The highest BCUT2D eigenvalue weighted by Crippen LogP contribution is 2.44. The van der Waals surface area contributed by atoms with Crippen LogP contribution in [0.5, 0.6) is 0 Å². The number of aliphatic carboxylic acids is 1. The molecule has 1 aliphatic heterocycles. The number of alkyl carbamates (subject to hydrolysis) is 1. The Bertz CT molecular complexity index is 1020. The fraction of sp³-hybridized carbons (Fsp3) is 0.444. The van der Waals surface area contributed by atoms with Crippen molar-refractivity contribution in [1.29, 1.82) is 0 Å². The van der Waals surface area contributed by atoms with Crippen molar-refractivity contribution in [2.45, 2.75) is 56.9 Å². The van der Waals surface area contributed by atoms with Crippen LogP contribution in [0.1, 0.15) is 62.5 Å². The summed E-state index contributed by atoms with van der Waals surface area (Å²) in [5.41, 5.74) is 3.66. The van der Waals surface area contributed by atoms with Crippen molar-refractivity contribution in [2.75, 3.05) is 19.7 Å². The summed E-state index contributed by atoms with van der Waals surface area (Å²) in [6, 6.07) is 16.4. The second-order valence-corrected chi connectivity index (χ2v) is 9.29. The molecule has 2 N–H and O–H groups in total. The molecule has 0 aromatic heterocycles. The van der Waals surface area contributed by atoms with Gasteiger partial charge in [0, 0.05) is 25.4 Å². The molecule has 2 aromatic rings. The lowest BCUT2D eigenvalue weighted by atomic mass is 9.98.